The van der Waals surface area contributed by atoms with Crippen LogP contribution in [0.1, 0.15) is 31.2 Å². The second kappa shape index (κ2) is 13.1. The number of terminal acetylenes is 1. The number of aromatic nitrogens is 4. The lowest BCUT2D eigenvalue weighted by Gasteiger charge is -2.55. The number of alkyl halides is 2. The van der Waals surface area contributed by atoms with Gasteiger partial charge < -0.3 is 29.1 Å². The first-order valence-electron chi connectivity index (χ1n) is 19.5. The molecule has 6 heterocycles. The number of likely N-dealkylation sites (tertiary alicyclic amines) is 2. The normalized spacial score (nSPS) is 25.0. The number of nitrogens with zero attached hydrogens (tertiary/aromatic N) is 7. The summed E-state index contributed by atoms with van der Waals surface area (Å²) >= 11 is 0. The molecule has 0 amide bonds. The van der Waals surface area contributed by atoms with Gasteiger partial charge in [-0.25, -0.2) is 17.6 Å². The van der Waals surface area contributed by atoms with Crippen molar-refractivity contribution in [1.82, 2.24) is 29.5 Å². The minimum atomic E-state index is -2.94. The van der Waals surface area contributed by atoms with Crippen molar-refractivity contribution in [3.8, 4) is 35.2 Å². The predicted octanol–water partition coefficient (Wildman–Crippen LogP) is 5.73. The SMILES string of the molecule is C#Cc1c(F)ccc2cc(O)cc(-c3c(F)c4nc(OC[C@]5(CN6CC7(COC7)C6)CC5(F)F)nc(N5[C@@H]6CC[C@H]5CN(CCCOC)C6)c4c4cn(C)nc34)c12. The number of phenols is 1. The van der Waals surface area contributed by atoms with Crippen LogP contribution >= 0.6 is 0 Å². The summed E-state index contributed by atoms with van der Waals surface area (Å²) in [6, 6.07) is 5.33. The molecule has 1 aliphatic carbocycles. The molecule has 4 aliphatic heterocycles. The van der Waals surface area contributed by atoms with Crippen molar-refractivity contribution in [2.45, 2.75) is 43.7 Å². The number of piperazine rings is 1. The number of anilines is 1. The number of hydrogen-bond acceptors (Lipinski definition) is 10. The highest BCUT2D eigenvalue weighted by atomic mass is 19.3. The van der Waals surface area contributed by atoms with Crippen molar-refractivity contribution in [2.75, 3.05) is 77.7 Å². The first kappa shape index (κ1) is 36.6. The van der Waals surface area contributed by atoms with E-state index in [1.54, 1.807) is 25.0 Å². The monoisotopic (exact) mass is 785 g/mol. The van der Waals surface area contributed by atoms with Crippen LogP contribution in [0.5, 0.6) is 11.8 Å². The second-order valence-electron chi connectivity index (χ2n) is 17.0. The zero-order valence-corrected chi connectivity index (χ0v) is 31.8. The smallest absolute Gasteiger partial charge is 0.319 e. The molecular formula is C42H43F4N7O4. The van der Waals surface area contributed by atoms with Crippen LogP contribution in [-0.4, -0.2) is 125 Å². The molecule has 1 N–H and O–H groups in total. The molecule has 0 radical (unpaired) electrons. The maximum atomic E-state index is 17.8. The fourth-order valence-electron chi connectivity index (χ4n) is 10.1. The molecule has 298 valence electrons. The van der Waals surface area contributed by atoms with Gasteiger partial charge in [-0.15, -0.1) is 6.42 Å². The molecule has 15 heteroatoms. The van der Waals surface area contributed by atoms with E-state index in [4.69, 9.17) is 30.7 Å². The fourth-order valence-corrected chi connectivity index (χ4v) is 10.1. The number of phenolic OH excluding ortho intramolecular Hbond substituents is 1. The van der Waals surface area contributed by atoms with Gasteiger partial charge in [-0.1, -0.05) is 12.0 Å². The summed E-state index contributed by atoms with van der Waals surface area (Å²) in [6.45, 7) is 5.55. The van der Waals surface area contributed by atoms with E-state index in [-0.39, 0.29) is 81.9 Å². The van der Waals surface area contributed by atoms with Gasteiger partial charge in [-0.3, -0.25) is 9.58 Å². The zero-order chi connectivity index (χ0) is 39.4. The van der Waals surface area contributed by atoms with Gasteiger partial charge in [-0.05, 0) is 48.4 Å². The van der Waals surface area contributed by atoms with Crippen LogP contribution in [0.25, 0.3) is 43.7 Å². The maximum absolute atomic E-state index is 17.8. The number of rotatable bonds is 11. The third-order valence-electron chi connectivity index (χ3n) is 12.9. The Kier molecular flexibility index (Phi) is 8.43. The second-order valence-corrected chi connectivity index (χ2v) is 17.0. The van der Waals surface area contributed by atoms with E-state index in [9.17, 15) is 5.11 Å². The average molecular weight is 786 g/mol. The third-order valence-corrected chi connectivity index (χ3v) is 12.9. The molecule has 5 fully saturated rings. The largest absolute Gasteiger partial charge is 0.508 e. The molecule has 5 aliphatic rings. The minimum absolute atomic E-state index is 0.0382. The number of hydrogen-bond donors (Lipinski definition) is 1. The lowest BCUT2D eigenvalue weighted by Crippen LogP contribution is -2.66. The van der Waals surface area contributed by atoms with Crippen molar-refractivity contribution in [1.29, 1.82) is 0 Å². The van der Waals surface area contributed by atoms with Gasteiger partial charge in [-0.2, -0.15) is 15.1 Å². The molecular weight excluding hydrogens is 742 g/mol. The van der Waals surface area contributed by atoms with E-state index in [0.29, 0.717) is 54.9 Å². The minimum Gasteiger partial charge on any atom is -0.508 e. The standard InChI is InChI=1S/C42H43F4N7O4/c1-4-28-31(43)9-6-24-12-27(54)13-29(32(24)28)33-35(44)37-34(30-16-50(2)49-36(30)33)38(53-25-7-8-26(53)15-51(14-25)10-5-11-55-3)48-39(47-37)57-23-41(17-42(41,45)46)20-52-18-40(19-52)21-56-22-40/h1,6,9,12-13,16,25-26,54H,5,7-8,10-11,14-15,17-23H2,2-3H3/t25-,26+,41-/m1/s1. The number of halogens is 4. The molecule has 2 bridgehead atoms. The van der Waals surface area contributed by atoms with Gasteiger partial charge in [0.05, 0.1) is 29.6 Å². The van der Waals surface area contributed by atoms with Gasteiger partial charge >= 0.3 is 6.01 Å². The number of ether oxygens (including phenoxy) is 3. The lowest BCUT2D eigenvalue weighted by molar-refractivity contribution is -0.194. The molecule has 1 saturated carbocycles. The van der Waals surface area contributed by atoms with Gasteiger partial charge in [0.25, 0.3) is 5.92 Å². The van der Waals surface area contributed by atoms with Crippen LogP contribution in [0.2, 0.25) is 0 Å². The number of benzene rings is 3. The van der Waals surface area contributed by atoms with E-state index in [0.717, 1.165) is 38.9 Å². The molecule has 3 atom stereocenters. The van der Waals surface area contributed by atoms with E-state index in [1.165, 1.54) is 24.3 Å². The predicted molar refractivity (Wildman–Crippen MR) is 206 cm³/mol. The Morgan fingerprint density at radius 2 is 1.79 bits per heavy atom. The summed E-state index contributed by atoms with van der Waals surface area (Å²) in [4.78, 5) is 16.3. The fraction of sp³-hybridized carbons (Fsp3) is 0.500. The lowest BCUT2D eigenvalue weighted by atomic mass is 9.77. The summed E-state index contributed by atoms with van der Waals surface area (Å²) in [5.74, 6) is -1.75. The topological polar surface area (TPSA) is 101 Å². The quantitative estimate of drug-likeness (QED) is 0.102. The van der Waals surface area contributed by atoms with E-state index >= 15 is 17.6 Å². The highest BCUT2D eigenvalue weighted by Gasteiger charge is 2.73. The molecule has 2 aromatic heterocycles. The highest BCUT2D eigenvalue weighted by Crippen LogP contribution is 2.62. The zero-order valence-electron chi connectivity index (χ0n) is 31.8. The maximum Gasteiger partial charge on any atom is 0.319 e. The summed E-state index contributed by atoms with van der Waals surface area (Å²) in [7, 11) is 3.41. The van der Waals surface area contributed by atoms with Gasteiger partial charge in [0.1, 0.15) is 35.0 Å². The molecule has 10 rings (SSSR count). The Labute approximate surface area is 326 Å². The first-order chi connectivity index (χ1) is 27.4. The van der Waals surface area contributed by atoms with Crippen LogP contribution in [0, 0.1) is 34.8 Å². The highest BCUT2D eigenvalue weighted by molar-refractivity contribution is 6.18. The molecule has 5 aromatic rings. The van der Waals surface area contributed by atoms with Crippen molar-refractivity contribution in [2.24, 2.45) is 17.9 Å². The number of aryl methyl sites for hydroxylation is 1. The Bertz CT molecular complexity index is 2480. The Morgan fingerprint density at radius 3 is 2.46 bits per heavy atom. The van der Waals surface area contributed by atoms with Gasteiger partial charge in [0.15, 0.2) is 5.82 Å². The van der Waals surface area contributed by atoms with Crippen LogP contribution in [-0.2, 0) is 16.5 Å². The van der Waals surface area contributed by atoms with Gasteiger partial charge in [0.2, 0.25) is 0 Å². The number of methoxy groups -OCH3 is 1. The van der Waals surface area contributed by atoms with Gasteiger partial charge in [0, 0.05) is 106 Å². The third kappa shape index (κ3) is 5.81. The molecule has 0 unspecified atom stereocenters. The number of aromatic hydroxyl groups is 1. The molecule has 4 saturated heterocycles. The van der Waals surface area contributed by atoms with Crippen LogP contribution in [0.4, 0.5) is 23.4 Å². The van der Waals surface area contributed by atoms with Crippen molar-refractivity contribution >= 4 is 38.4 Å². The summed E-state index contributed by atoms with van der Waals surface area (Å²) in [5, 5.41) is 17.2. The van der Waals surface area contributed by atoms with E-state index in [1.807, 2.05) is 4.90 Å². The first-order valence-corrected chi connectivity index (χ1v) is 19.5. The van der Waals surface area contributed by atoms with Crippen molar-refractivity contribution in [3.63, 3.8) is 0 Å². The summed E-state index contributed by atoms with van der Waals surface area (Å²) in [5.41, 5.74) is -1.23. The number of fused-ring (bicyclic) bond motifs is 6. The molecule has 3 aromatic carbocycles. The van der Waals surface area contributed by atoms with Crippen LogP contribution < -0.4 is 9.64 Å². The molecule has 57 heavy (non-hydrogen) atoms. The summed E-state index contributed by atoms with van der Waals surface area (Å²) < 4.78 is 82.0. The molecule has 1 spiro atoms. The van der Waals surface area contributed by atoms with E-state index in [2.05, 4.69) is 20.7 Å². The van der Waals surface area contributed by atoms with Crippen molar-refractivity contribution < 1.29 is 36.9 Å². The Balaban J connectivity index is 1.12. The van der Waals surface area contributed by atoms with Crippen LogP contribution in [0.15, 0.2) is 30.5 Å². The van der Waals surface area contributed by atoms with Crippen molar-refractivity contribution in [3.05, 3.63) is 47.7 Å². The van der Waals surface area contributed by atoms with E-state index < -0.39 is 23.0 Å². The van der Waals surface area contributed by atoms with Crippen LogP contribution in [0.3, 0.4) is 0 Å². The molecule has 11 nitrogen and oxygen atoms in total. The summed E-state index contributed by atoms with van der Waals surface area (Å²) in [6.07, 6.45) is 9.92. The Morgan fingerprint density at radius 1 is 1.04 bits per heavy atom. The average Bonchev–Trinajstić information content (AvgIpc) is 3.32. The Hall–Kier alpha value is -4.75.